The van der Waals surface area contributed by atoms with Crippen molar-refractivity contribution < 1.29 is 9.47 Å². The molecule has 0 saturated heterocycles. The molecule has 88 valence electrons. The van der Waals surface area contributed by atoms with E-state index in [4.69, 9.17) is 9.47 Å². The Labute approximate surface area is 101 Å². The van der Waals surface area contributed by atoms with E-state index in [0.717, 1.165) is 16.9 Å². The number of benzene rings is 1. The summed E-state index contributed by atoms with van der Waals surface area (Å²) in [6.07, 6.45) is 1.75. The number of ether oxygens (including phenoxy) is 2. The van der Waals surface area contributed by atoms with Gasteiger partial charge in [-0.2, -0.15) is 0 Å². The third-order valence-electron chi connectivity index (χ3n) is 2.45. The van der Waals surface area contributed by atoms with E-state index in [1.165, 1.54) is 0 Å². The second-order valence-corrected chi connectivity index (χ2v) is 3.54. The Hall–Kier alpha value is -2.03. The molecule has 0 N–H and O–H groups in total. The first-order chi connectivity index (χ1) is 8.33. The van der Waals surface area contributed by atoms with Crippen LogP contribution in [0, 0.1) is 0 Å². The van der Waals surface area contributed by atoms with E-state index < -0.39 is 0 Å². The molecule has 1 aromatic carbocycles. The topological polar surface area (TPSA) is 31.4 Å². The van der Waals surface area contributed by atoms with E-state index in [0.29, 0.717) is 12.5 Å². The minimum atomic E-state index is 0.624. The molecule has 17 heavy (non-hydrogen) atoms. The van der Waals surface area contributed by atoms with Crippen LogP contribution in [0.5, 0.6) is 11.6 Å². The molecule has 0 saturated carbocycles. The van der Waals surface area contributed by atoms with Crippen LogP contribution in [0.25, 0.3) is 11.1 Å². The van der Waals surface area contributed by atoms with Gasteiger partial charge in [0.05, 0.1) is 13.7 Å². The van der Waals surface area contributed by atoms with Gasteiger partial charge in [0.1, 0.15) is 5.75 Å². The van der Waals surface area contributed by atoms with Crippen molar-refractivity contribution in [3.63, 3.8) is 0 Å². The molecule has 1 aromatic heterocycles. The Morgan fingerprint density at radius 1 is 1.06 bits per heavy atom. The minimum Gasteiger partial charge on any atom is -0.497 e. The molecule has 0 aliphatic rings. The molecule has 0 fully saturated rings. The van der Waals surface area contributed by atoms with Crippen molar-refractivity contribution in [2.45, 2.75) is 6.92 Å². The van der Waals surface area contributed by atoms with Crippen LogP contribution in [0.15, 0.2) is 42.6 Å². The first-order valence-corrected chi connectivity index (χ1v) is 5.56. The zero-order valence-electron chi connectivity index (χ0n) is 10.0. The molecule has 0 radical (unpaired) electrons. The molecule has 2 aromatic rings. The predicted octanol–water partition coefficient (Wildman–Crippen LogP) is 3.16. The van der Waals surface area contributed by atoms with Gasteiger partial charge in [-0.1, -0.05) is 12.1 Å². The molecular formula is C14H15NO2. The smallest absolute Gasteiger partial charge is 0.213 e. The number of hydrogen-bond donors (Lipinski definition) is 0. The lowest BCUT2D eigenvalue weighted by Crippen LogP contribution is -1.94. The van der Waals surface area contributed by atoms with Crippen molar-refractivity contribution in [1.29, 1.82) is 0 Å². The summed E-state index contributed by atoms with van der Waals surface area (Å²) in [6.45, 7) is 2.57. The van der Waals surface area contributed by atoms with E-state index in [1.807, 2.05) is 43.3 Å². The third kappa shape index (κ3) is 2.75. The summed E-state index contributed by atoms with van der Waals surface area (Å²) in [7, 11) is 1.66. The molecule has 0 bridgehead atoms. The van der Waals surface area contributed by atoms with E-state index in [2.05, 4.69) is 4.98 Å². The van der Waals surface area contributed by atoms with Crippen LogP contribution in [0.3, 0.4) is 0 Å². The van der Waals surface area contributed by atoms with Gasteiger partial charge in [-0.3, -0.25) is 0 Å². The Kier molecular flexibility index (Phi) is 3.60. The fourth-order valence-electron chi connectivity index (χ4n) is 1.60. The van der Waals surface area contributed by atoms with Crippen LogP contribution >= 0.6 is 0 Å². The first-order valence-electron chi connectivity index (χ1n) is 5.56. The summed E-state index contributed by atoms with van der Waals surface area (Å²) in [6, 6.07) is 11.8. The highest BCUT2D eigenvalue weighted by Crippen LogP contribution is 2.24. The molecule has 1 heterocycles. The summed E-state index contributed by atoms with van der Waals surface area (Å²) in [5.41, 5.74) is 2.21. The Morgan fingerprint density at radius 2 is 1.82 bits per heavy atom. The van der Waals surface area contributed by atoms with Gasteiger partial charge in [0.15, 0.2) is 0 Å². The maximum atomic E-state index is 5.38. The highest BCUT2D eigenvalue weighted by molar-refractivity contribution is 5.64. The summed E-state index contributed by atoms with van der Waals surface area (Å²) in [5.74, 6) is 1.51. The zero-order chi connectivity index (χ0) is 12.1. The summed E-state index contributed by atoms with van der Waals surface area (Å²) in [5, 5.41) is 0. The number of nitrogens with zero attached hydrogens (tertiary/aromatic N) is 1. The number of methoxy groups -OCH3 is 1. The highest BCUT2D eigenvalue weighted by atomic mass is 16.5. The second-order valence-electron chi connectivity index (χ2n) is 3.54. The van der Waals surface area contributed by atoms with Crippen molar-refractivity contribution >= 4 is 0 Å². The van der Waals surface area contributed by atoms with Crippen molar-refractivity contribution in [3.05, 3.63) is 42.6 Å². The Morgan fingerprint density at radius 3 is 2.47 bits per heavy atom. The number of pyridine rings is 1. The minimum absolute atomic E-state index is 0.624. The number of aromatic nitrogens is 1. The number of rotatable bonds is 4. The molecule has 0 aliphatic carbocycles. The average Bonchev–Trinajstić information content (AvgIpc) is 2.40. The maximum absolute atomic E-state index is 5.38. The van der Waals surface area contributed by atoms with Gasteiger partial charge >= 0.3 is 0 Å². The van der Waals surface area contributed by atoms with Gasteiger partial charge in [-0.05, 0) is 36.2 Å². The molecule has 0 spiro atoms. The predicted molar refractivity (Wildman–Crippen MR) is 67.4 cm³/mol. The van der Waals surface area contributed by atoms with Gasteiger partial charge < -0.3 is 9.47 Å². The Bertz CT molecular complexity index is 480. The fraction of sp³-hybridized carbons (Fsp3) is 0.214. The second kappa shape index (κ2) is 5.34. The normalized spacial score (nSPS) is 10.0. The van der Waals surface area contributed by atoms with E-state index in [9.17, 15) is 0 Å². The van der Waals surface area contributed by atoms with Crippen LogP contribution in [-0.4, -0.2) is 18.7 Å². The molecule has 0 aliphatic heterocycles. The van der Waals surface area contributed by atoms with Crippen LogP contribution in [0.4, 0.5) is 0 Å². The molecule has 2 rings (SSSR count). The molecule has 0 unspecified atom stereocenters. The largest absolute Gasteiger partial charge is 0.497 e. The molecule has 0 amide bonds. The van der Waals surface area contributed by atoms with Gasteiger partial charge in [0.2, 0.25) is 5.88 Å². The highest BCUT2D eigenvalue weighted by Gasteiger charge is 2.01. The first kappa shape index (κ1) is 11.5. The zero-order valence-corrected chi connectivity index (χ0v) is 10.0. The van der Waals surface area contributed by atoms with E-state index in [1.54, 1.807) is 13.3 Å². The van der Waals surface area contributed by atoms with Crippen molar-refractivity contribution in [2.75, 3.05) is 13.7 Å². The molecule has 0 atom stereocenters. The maximum Gasteiger partial charge on any atom is 0.213 e. The van der Waals surface area contributed by atoms with Gasteiger partial charge in [-0.25, -0.2) is 4.98 Å². The monoisotopic (exact) mass is 229 g/mol. The lowest BCUT2D eigenvalue weighted by Gasteiger charge is -2.06. The van der Waals surface area contributed by atoms with Gasteiger partial charge in [0, 0.05) is 12.3 Å². The lowest BCUT2D eigenvalue weighted by atomic mass is 10.1. The molecule has 3 nitrogen and oxygen atoms in total. The van der Waals surface area contributed by atoms with Crippen LogP contribution in [0.2, 0.25) is 0 Å². The Balaban J connectivity index is 2.28. The van der Waals surface area contributed by atoms with E-state index in [-0.39, 0.29) is 0 Å². The standard InChI is InChI=1S/C14H15NO2/c1-3-17-14-10-12(8-9-15-14)11-4-6-13(16-2)7-5-11/h4-10H,3H2,1-2H3. The van der Waals surface area contributed by atoms with Gasteiger partial charge in [0.25, 0.3) is 0 Å². The third-order valence-corrected chi connectivity index (χ3v) is 2.45. The SMILES string of the molecule is CCOc1cc(-c2ccc(OC)cc2)ccn1. The van der Waals surface area contributed by atoms with Crippen LogP contribution in [-0.2, 0) is 0 Å². The summed E-state index contributed by atoms with van der Waals surface area (Å²) in [4.78, 5) is 4.14. The summed E-state index contributed by atoms with van der Waals surface area (Å²) < 4.78 is 10.5. The van der Waals surface area contributed by atoms with Crippen molar-refractivity contribution in [1.82, 2.24) is 4.98 Å². The van der Waals surface area contributed by atoms with Crippen molar-refractivity contribution in [2.24, 2.45) is 0 Å². The van der Waals surface area contributed by atoms with Crippen LogP contribution < -0.4 is 9.47 Å². The van der Waals surface area contributed by atoms with Gasteiger partial charge in [-0.15, -0.1) is 0 Å². The quantitative estimate of drug-likeness (QED) is 0.807. The van der Waals surface area contributed by atoms with Crippen molar-refractivity contribution in [3.8, 4) is 22.8 Å². The molecule has 3 heteroatoms. The average molecular weight is 229 g/mol. The molecular weight excluding hydrogens is 214 g/mol. The number of hydrogen-bond acceptors (Lipinski definition) is 3. The lowest BCUT2D eigenvalue weighted by molar-refractivity contribution is 0.327. The van der Waals surface area contributed by atoms with Crippen LogP contribution in [0.1, 0.15) is 6.92 Å². The van der Waals surface area contributed by atoms with E-state index >= 15 is 0 Å². The summed E-state index contributed by atoms with van der Waals surface area (Å²) >= 11 is 0. The fourth-order valence-corrected chi connectivity index (χ4v) is 1.60.